The molecule has 1 aliphatic rings. The van der Waals surface area contributed by atoms with Crippen LogP contribution < -0.4 is 11.2 Å². The van der Waals surface area contributed by atoms with Crippen molar-refractivity contribution < 1.29 is 4.74 Å². The monoisotopic (exact) mass is 423 g/mol. The molecule has 164 valence electrons. The van der Waals surface area contributed by atoms with Crippen molar-refractivity contribution in [3.8, 4) is 0 Å². The van der Waals surface area contributed by atoms with Crippen molar-refractivity contribution in [3.63, 3.8) is 0 Å². The van der Waals surface area contributed by atoms with Crippen molar-refractivity contribution in [2.75, 3.05) is 13.1 Å². The van der Waals surface area contributed by atoms with Crippen LogP contribution in [0.3, 0.4) is 0 Å². The summed E-state index contributed by atoms with van der Waals surface area (Å²) in [5.41, 5.74) is 1.26. The smallest absolute Gasteiger partial charge is 0.332 e. The minimum Gasteiger partial charge on any atom is -0.373 e. The molecule has 8 heteroatoms. The third-order valence-electron chi connectivity index (χ3n) is 5.69. The van der Waals surface area contributed by atoms with E-state index in [9.17, 15) is 9.59 Å². The van der Waals surface area contributed by atoms with Gasteiger partial charge in [-0.2, -0.15) is 0 Å². The van der Waals surface area contributed by atoms with Gasteiger partial charge in [-0.15, -0.1) is 0 Å². The van der Waals surface area contributed by atoms with Gasteiger partial charge in [0.25, 0.3) is 5.56 Å². The average molecular weight is 424 g/mol. The van der Waals surface area contributed by atoms with Gasteiger partial charge in [-0.3, -0.25) is 18.8 Å². The van der Waals surface area contributed by atoms with Crippen LogP contribution >= 0.6 is 0 Å². The summed E-state index contributed by atoms with van der Waals surface area (Å²) in [6, 6.07) is 10.0. The van der Waals surface area contributed by atoms with Crippen LogP contribution in [-0.2, 0) is 31.9 Å². The Morgan fingerprint density at radius 1 is 1.06 bits per heavy atom. The van der Waals surface area contributed by atoms with E-state index >= 15 is 0 Å². The lowest BCUT2D eigenvalue weighted by atomic mass is 10.2. The zero-order valence-corrected chi connectivity index (χ0v) is 18.5. The number of benzene rings is 1. The summed E-state index contributed by atoms with van der Waals surface area (Å²) in [5.74, 6) is 0.771. The summed E-state index contributed by atoms with van der Waals surface area (Å²) in [7, 11) is 3.16. The quantitative estimate of drug-likeness (QED) is 0.625. The summed E-state index contributed by atoms with van der Waals surface area (Å²) in [5, 5.41) is 0. The molecule has 0 radical (unpaired) electrons. The fraction of sp³-hybridized carbons (Fsp3) is 0.435. The highest BCUT2D eigenvalue weighted by molar-refractivity contribution is 5.71. The average Bonchev–Trinajstić information content (AvgIpc) is 3.09. The zero-order valence-electron chi connectivity index (χ0n) is 18.5. The first-order valence-corrected chi connectivity index (χ1v) is 10.6. The van der Waals surface area contributed by atoms with Crippen molar-refractivity contribution in [2.24, 2.45) is 14.1 Å². The first kappa shape index (κ1) is 21.3. The van der Waals surface area contributed by atoms with Gasteiger partial charge in [0.2, 0.25) is 0 Å². The fourth-order valence-electron chi connectivity index (χ4n) is 4.28. The molecule has 0 N–H and O–H groups in total. The largest absolute Gasteiger partial charge is 0.373 e. The van der Waals surface area contributed by atoms with E-state index in [4.69, 9.17) is 9.72 Å². The number of aryl methyl sites for hydroxylation is 1. The molecule has 0 saturated carbocycles. The van der Waals surface area contributed by atoms with Gasteiger partial charge in [-0.05, 0) is 19.4 Å². The van der Waals surface area contributed by atoms with E-state index in [1.807, 2.05) is 47.1 Å². The number of ether oxygens (including phenoxy) is 1. The maximum atomic E-state index is 13.0. The van der Waals surface area contributed by atoms with Gasteiger partial charge >= 0.3 is 5.69 Å². The third-order valence-corrected chi connectivity index (χ3v) is 5.69. The summed E-state index contributed by atoms with van der Waals surface area (Å²) in [6.07, 6.45) is 4.32. The summed E-state index contributed by atoms with van der Waals surface area (Å²) < 4.78 is 10.4. The number of hydrogen-bond donors (Lipinski definition) is 0. The molecule has 3 aromatic rings. The van der Waals surface area contributed by atoms with Crippen LogP contribution in [0.1, 0.15) is 25.2 Å². The third kappa shape index (κ3) is 4.26. The lowest BCUT2D eigenvalue weighted by molar-refractivity contribution is -0.0712. The molecule has 2 atom stereocenters. The van der Waals surface area contributed by atoms with E-state index in [1.165, 1.54) is 11.6 Å². The summed E-state index contributed by atoms with van der Waals surface area (Å²) >= 11 is 0. The Hall–Kier alpha value is -2.97. The summed E-state index contributed by atoms with van der Waals surface area (Å²) in [6.45, 7) is 6.79. The highest BCUT2D eigenvalue weighted by Gasteiger charge is 2.25. The van der Waals surface area contributed by atoms with Crippen molar-refractivity contribution >= 4 is 17.2 Å². The van der Waals surface area contributed by atoms with E-state index in [2.05, 4.69) is 18.7 Å². The number of nitrogens with zero attached hydrogens (tertiary/aromatic N) is 5. The van der Waals surface area contributed by atoms with E-state index in [0.29, 0.717) is 24.3 Å². The number of hydrogen-bond acceptors (Lipinski definition) is 5. The van der Waals surface area contributed by atoms with Gasteiger partial charge in [-0.25, -0.2) is 9.78 Å². The van der Waals surface area contributed by atoms with Crippen LogP contribution in [0.25, 0.3) is 17.2 Å². The van der Waals surface area contributed by atoms with Crippen LogP contribution in [-0.4, -0.2) is 48.9 Å². The van der Waals surface area contributed by atoms with E-state index in [0.717, 1.165) is 29.0 Å². The van der Waals surface area contributed by atoms with E-state index in [1.54, 1.807) is 7.05 Å². The molecule has 0 amide bonds. The second kappa shape index (κ2) is 8.64. The number of rotatable bonds is 5. The molecule has 0 bridgehead atoms. The standard InChI is InChI=1S/C23H29N5O3/c1-16-13-27(14-17(2)31-16)15-19-24-21-20(22(29)26(4)23(30)25(21)3)28(19)12-8-11-18-9-6-5-7-10-18/h5-11,16-17H,12-15H2,1-4H3. The minimum absolute atomic E-state index is 0.136. The molecule has 0 spiro atoms. The van der Waals surface area contributed by atoms with E-state index < -0.39 is 0 Å². The van der Waals surface area contributed by atoms with Gasteiger partial charge < -0.3 is 9.30 Å². The molecule has 8 nitrogen and oxygen atoms in total. The van der Waals surface area contributed by atoms with Gasteiger partial charge in [-0.1, -0.05) is 42.5 Å². The molecular formula is C23H29N5O3. The Balaban J connectivity index is 1.76. The first-order chi connectivity index (χ1) is 14.8. The molecule has 0 aliphatic carbocycles. The second-order valence-electron chi connectivity index (χ2n) is 8.28. The predicted molar refractivity (Wildman–Crippen MR) is 121 cm³/mol. The topological polar surface area (TPSA) is 74.3 Å². The van der Waals surface area contributed by atoms with Crippen molar-refractivity contribution in [1.82, 2.24) is 23.6 Å². The van der Waals surface area contributed by atoms with Gasteiger partial charge in [0.15, 0.2) is 11.2 Å². The molecule has 31 heavy (non-hydrogen) atoms. The Morgan fingerprint density at radius 2 is 1.74 bits per heavy atom. The van der Waals surface area contributed by atoms with Crippen LogP contribution in [0.5, 0.6) is 0 Å². The Labute approximate surface area is 181 Å². The van der Waals surface area contributed by atoms with Crippen LogP contribution in [0.15, 0.2) is 46.0 Å². The molecule has 1 fully saturated rings. The maximum Gasteiger partial charge on any atom is 0.332 e. The number of allylic oxidation sites excluding steroid dienone is 1. The minimum atomic E-state index is -0.373. The molecule has 2 aromatic heterocycles. The fourth-order valence-corrected chi connectivity index (χ4v) is 4.28. The van der Waals surface area contributed by atoms with E-state index in [-0.39, 0.29) is 23.5 Å². The zero-order chi connectivity index (χ0) is 22.1. The Bertz CT molecular complexity index is 1210. The molecule has 2 unspecified atom stereocenters. The lowest BCUT2D eigenvalue weighted by Crippen LogP contribution is -2.45. The molecule has 1 saturated heterocycles. The number of imidazole rings is 1. The molecular weight excluding hydrogens is 394 g/mol. The van der Waals surface area contributed by atoms with Crippen molar-refractivity contribution in [1.29, 1.82) is 0 Å². The molecule has 1 aliphatic heterocycles. The summed E-state index contributed by atoms with van der Waals surface area (Å²) in [4.78, 5) is 32.5. The predicted octanol–water partition coefficient (Wildman–Crippen LogP) is 1.76. The lowest BCUT2D eigenvalue weighted by Gasteiger charge is -2.35. The van der Waals surface area contributed by atoms with Crippen LogP contribution in [0.4, 0.5) is 0 Å². The van der Waals surface area contributed by atoms with Gasteiger partial charge in [0.1, 0.15) is 5.82 Å². The highest BCUT2D eigenvalue weighted by Crippen LogP contribution is 2.17. The van der Waals surface area contributed by atoms with Crippen molar-refractivity contribution in [3.05, 3.63) is 68.6 Å². The van der Waals surface area contributed by atoms with Crippen molar-refractivity contribution in [2.45, 2.75) is 39.1 Å². The number of aromatic nitrogens is 4. The molecule has 3 heterocycles. The Kier molecular flexibility index (Phi) is 5.93. The number of morpholine rings is 1. The maximum absolute atomic E-state index is 13.0. The number of fused-ring (bicyclic) bond motifs is 1. The normalized spacial score (nSPS) is 20.1. The molecule has 4 rings (SSSR count). The Morgan fingerprint density at radius 3 is 2.42 bits per heavy atom. The van der Waals surface area contributed by atoms with Crippen LogP contribution in [0.2, 0.25) is 0 Å². The van der Waals surface area contributed by atoms with Gasteiger partial charge in [0, 0.05) is 33.7 Å². The van der Waals surface area contributed by atoms with Gasteiger partial charge in [0.05, 0.1) is 18.8 Å². The first-order valence-electron chi connectivity index (χ1n) is 10.6. The SMILES string of the molecule is CC1CN(Cc2nc3c(c(=O)n(C)c(=O)n3C)n2CC=Cc2ccccc2)CC(C)O1. The highest BCUT2D eigenvalue weighted by atomic mass is 16.5. The van der Waals surface area contributed by atoms with Crippen LogP contribution in [0, 0.1) is 0 Å². The second-order valence-corrected chi connectivity index (χ2v) is 8.28. The molecule has 1 aromatic carbocycles.